The van der Waals surface area contributed by atoms with Crippen LogP contribution < -0.4 is 10.6 Å². The number of hydrogen-bond acceptors (Lipinski definition) is 4. The van der Waals surface area contributed by atoms with Gasteiger partial charge in [0.15, 0.2) is 0 Å². The molecule has 1 aromatic rings. The van der Waals surface area contributed by atoms with Gasteiger partial charge >= 0.3 is 5.51 Å². The summed E-state index contributed by atoms with van der Waals surface area (Å²) in [5, 5.41) is 0. The van der Waals surface area contributed by atoms with Gasteiger partial charge in [-0.05, 0) is 25.1 Å². The second-order valence-corrected chi connectivity index (χ2v) is 5.89. The largest absolute Gasteiger partial charge is 0.501 e. The van der Waals surface area contributed by atoms with Crippen LogP contribution in [0.25, 0.3) is 0 Å². The zero-order valence-electron chi connectivity index (χ0n) is 10.3. The molecular weight excluding hydrogens is 281 g/mol. The smallest absolute Gasteiger partial charge is 0.373 e. The Bertz CT molecular complexity index is 529. The molecule has 2 N–H and O–H groups in total. The predicted molar refractivity (Wildman–Crippen MR) is 66.6 cm³/mol. The molecule has 0 radical (unpaired) electrons. The van der Waals surface area contributed by atoms with E-state index in [1.165, 1.54) is 30.1 Å². The SMILES string of the molecule is CN(CCCN)c1ccccc1S(=O)(=O)C(F)(F)F. The molecule has 1 aromatic carbocycles. The number of rotatable bonds is 5. The summed E-state index contributed by atoms with van der Waals surface area (Å²) in [6.07, 6.45) is 0.552. The van der Waals surface area contributed by atoms with Gasteiger partial charge in [0.1, 0.15) is 0 Å². The van der Waals surface area contributed by atoms with Crippen molar-refractivity contribution in [3.05, 3.63) is 24.3 Å². The van der Waals surface area contributed by atoms with Crippen LogP contribution in [0.15, 0.2) is 29.2 Å². The monoisotopic (exact) mass is 296 g/mol. The third kappa shape index (κ3) is 3.38. The average molecular weight is 296 g/mol. The van der Waals surface area contributed by atoms with Crippen molar-refractivity contribution in [1.82, 2.24) is 0 Å². The van der Waals surface area contributed by atoms with Crippen LogP contribution in [0.4, 0.5) is 18.9 Å². The maximum atomic E-state index is 12.6. The van der Waals surface area contributed by atoms with E-state index >= 15 is 0 Å². The van der Waals surface area contributed by atoms with Gasteiger partial charge in [0, 0.05) is 13.6 Å². The zero-order chi connectivity index (χ0) is 14.7. The molecule has 0 bridgehead atoms. The normalized spacial score (nSPS) is 12.5. The van der Waals surface area contributed by atoms with E-state index in [2.05, 4.69) is 0 Å². The molecule has 0 aliphatic rings. The Morgan fingerprint density at radius 2 is 1.84 bits per heavy atom. The lowest BCUT2D eigenvalue weighted by Gasteiger charge is -2.22. The van der Waals surface area contributed by atoms with E-state index in [0.717, 1.165) is 6.07 Å². The molecule has 1 rings (SSSR count). The van der Waals surface area contributed by atoms with Gasteiger partial charge in [0.2, 0.25) is 0 Å². The molecule has 0 saturated carbocycles. The van der Waals surface area contributed by atoms with Crippen molar-refractivity contribution in [3.8, 4) is 0 Å². The predicted octanol–water partition coefficient (Wildman–Crippen LogP) is 1.77. The Morgan fingerprint density at radius 1 is 1.26 bits per heavy atom. The summed E-state index contributed by atoms with van der Waals surface area (Å²) >= 11 is 0. The van der Waals surface area contributed by atoms with Crippen LogP contribution >= 0.6 is 0 Å². The second-order valence-electron chi connectivity index (χ2n) is 3.98. The third-order valence-corrected chi connectivity index (χ3v) is 4.10. The standard InChI is InChI=1S/C11H15F3N2O2S/c1-16(8-4-7-15)9-5-2-3-6-10(9)19(17,18)11(12,13)14/h2-3,5-6H,4,7-8,15H2,1H3. The molecule has 8 heteroatoms. The summed E-state index contributed by atoms with van der Waals surface area (Å²) in [6.45, 7) is 0.749. The number of nitrogens with two attached hydrogens (primary N) is 1. The first kappa shape index (κ1) is 15.8. The Labute approximate surface area is 109 Å². The minimum Gasteiger partial charge on any atom is -0.373 e. The van der Waals surface area contributed by atoms with Crippen LogP contribution in [-0.4, -0.2) is 34.1 Å². The quantitative estimate of drug-likeness (QED) is 0.899. The second kappa shape index (κ2) is 5.79. The number of halogens is 3. The molecule has 108 valence electrons. The maximum Gasteiger partial charge on any atom is 0.501 e. The molecule has 0 aliphatic carbocycles. The van der Waals surface area contributed by atoms with Crippen molar-refractivity contribution in [1.29, 1.82) is 0 Å². The van der Waals surface area contributed by atoms with E-state index < -0.39 is 20.2 Å². The molecule has 0 unspecified atom stereocenters. The molecule has 0 fully saturated rings. The first-order valence-corrected chi connectivity index (χ1v) is 7.01. The van der Waals surface area contributed by atoms with E-state index in [0.29, 0.717) is 19.5 Å². The number of anilines is 1. The van der Waals surface area contributed by atoms with Crippen molar-refractivity contribution < 1.29 is 21.6 Å². The lowest BCUT2D eigenvalue weighted by Crippen LogP contribution is -2.27. The lowest BCUT2D eigenvalue weighted by atomic mass is 10.3. The summed E-state index contributed by atoms with van der Waals surface area (Å²) in [4.78, 5) is 0.716. The highest BCUT2D eigenvalue weighted by Crippen LogP contribution is 2.35. The molecule has 4 nitrogen and oxygen atoms in total. The summed E-state index contributed by atoms with van der Waals surface area (Å²) in [6, 6.07) is 5.05. The first-order chi connectivity index (χ1) is 8.71. The minimum atomic E-state index is -5.35. The fraction of sp³-hybridized carbons (Fsp3) is 0.455. The first-order valence-electron chi connectivity index (χ1n) is 5.53. The van der Waals surface area contributed by atoms with Gasteiger partial charge in [-0.1, -0.05) is 12.1 Å². The van der Waals surface area contributed by atoms with Crippen molar-refractivity contribution in [2.75, 3.05) is 25.0 Å². The average Bonchev–Trinajstić information content (AvgIpc) is 2.34. The molecule has 0 aliphatic heterocycles. The number of alkyl halides is 3. The van der Waals surface area contributed by atoms with Crippen molar-refractivity contribution in [2.24, 2.45) is 5.73 Å². The van der Waals surface area contributed by atoms with E-state index in [-0.39, 0.29) is 5.69 Å². The number of sulfone groups is 1. The Morgan fingerprint density at radius 3 is 2.37 bits per heavy atom. The zero-order valence-corrected chi connectivity index (χ0v) is 11.1. The number of nitrogens with zero attached hydrogens (tertiary/aromatic N) is 1. The van der Waals surface area contributed by atoms with Gasteiger partial charge in [-0.2, -0.15) is 13.2 Å². The Kier molecular flexibility index (Phi) is 4.81. The van der Waals surface area contributed by atoms with Crippen LogP contribution in [-0.2, 0) is 9.84 Å². The van der Waals surface area contributed by atoms with E-state index in [1.807, 2.05) is 0 Å². The Hall–Kier alpha value is -1.28. The van der Waals surface area contributed by atoms with Gasteiger partial charge in [-0.3, -0.25) is 0 Å². The highest BCUT2D eigenvalue weighted by molar-refractivity contribution is 7.92. The van der Waals surface area contributed by atoms with E-state index in [9.17, 15) is 21.6 Å². The van der Waals surface area contributed by atoms with Crippen LogP contribution in [0.1, 0.15) is 6.42 Å². The molecule has 0 saturated heterocycles. The summed E-state index contributed by atoms with van der Waals surface area (Å²) < 4.78 is 60.7. The van der Waals surface area contributed by atoms with Crippen LogP contribution in [0.3, 0.4) is 0 Å². The van der Waals surface area contributed by atoms with Crippen molar-refractivity contribution >= 4 is 15.5 Å². The summed E-state index contributed by atoms with van der Waals surface area (Å²) in [5.74, 6) is 0. The van der Waals surface area contributed by atoms with Crippen LogP contribution in [0.2, 0.25) is 0 Å². The van der Waals surface area contributed by atoms with Crippen molar-refractivity contribution in [3.63, 3.8) is 0 Å². The van der Waals surface area contributed by atoms with Crippen LogP contribution in [0.5, 0.6) is 0 Å². The third-order valence-electron chi connectivity index (χ3n) is 2.57. The number of hydrogen-bond donors (Lipinski definition) is 1. The number of para-hydroxylation sites is 1. The summed E-state index contributed by atoms with van der Waals surface area (Å²) in [7, 11) is -3.82. The van der Waals surface area contributed by atoms with Gasteiger partial charge in [-0.25, -0.2) is 8.42 Å². The molecular formula is C11H15F3N2O2S. The number of benzene rings is 1. The molecule has 0 amide bonds. The van der Waals surface area contributed by atoms with E-state index in [1.54, 1.807) is 0 Å². The molecule has 0 heterocycles. The fourth-order valence-corrected chi connectivity index (χ4v) is 2.58. The van der Waals surface area contributed by atoms with Gasteiger partial charge < -0.3 is 10.6 Å². The maximum absolute atomic E-state index is 12.6. The Balaban J connectivity index is 3.24. The van der Waals surface area contributed by atoms with Crippen molar-refractivity contribution in [2.45, 2.75) is 16.8 Å². The molecule has 19 heavy (non-hydrogen) atoms. The van der Waals surface area contributed by atoms with Gasteiger partial charge in [0.05, 0.1) is 10.6 Å². The highest BCUT2D eigenvalue weighted by atomic mass is 32.2. The molecule has 0 spiro atoms. The molecule has 0 aromatic heterocycles. The lowest BCUT2D eigenvalue weighted by molar-refractivity contribution is -0.0435. The minimum absolute atomic E-state index is 0.0216. The van der Waals surface area contributed by atoms with Gasteiger partial charge in [0.25, 0.3) is 9.84 Å². The van der Waals surface area contributed by atoms with Crippen LogP contribution in [0, 0.1) is 0 Å². The summed E-state index contributed by atoms with van der Waals surface area (Å²) in [5.41, 5.74) is 0.0369. The fourth-order valence-electron chi connectivity index (χ4n) is 1.57. The van der Waals surface area contributed by atoms with Gasteiger partial charge in [-0.15, -0.1) is 0 Å². The topological polar surface area (TPSA) is 63.4 Å². The highest BCUT2D eigenvalue weighted by Gasteiger charge is 2.48. The molecule has 0 atom stereocenters. The van der Waals surface area contributed by atoms with E-state index in [4.69, 9.17) is 5.73 Å².